The molecule has 0 aliphatic heterocycles. The van der Waals surface area contributed by atoms with Gasteiger partial charge < -0.3 is 5.32 Å². The van der Waals surface area contributed by atoms with Crippen LogP contribution < -0.4 is 5.32 Å². The summed E-state index contributed by atoms with van der Waals surface area (Å²) in [6.45, 7) is 0. The van der Waals surface area contributed by atoms with Gasteiger partial charge in [-0.2, -0.15) is 0 Å². The van der Waals surface area contributed by atoms with Crippen molar-refractivity contribution in [2.24, 2.45) is 0 Å². The van der Waals surface area contributed by atoms with Crippen LogP contribution in [0.15, 0.2) is 67.1 Å². The third-order valence-corrected chi connectivity index (χ3v) is 3.89. The van der Waals surface area contributed by atoms with E-state index in [-0.39, 0.29) is 0 Å². The number of hydrogen-bond acceptors (Lipinski definition) is 3. The second-order valence-electron chi connectivity index (χ2n) is 5.05. The van der Waals surface area contributed by atoms with Gasteiger partial charge in [0.2, 0.25) is 0 Å². The van der Waals surface area contributed by atoms with Crippen LogP contribution in [0, 0.1) is 0 Å². The van der Waals surface area contributed by atoms with Gasteiger partial charge in [-0.05, 0) is 36.4 Å². The number of halogens is 1. The van der Waals surface area contributed by atoms with Crippen molar-refractivity contribution in [3.63, 3.8) is 0 Å². The first-order valence-electron chi connectivity index (χ1n) is 6.95. The van der Waals surface area contributed by atoms with Crippen LogP contribution in [0.4, 0.5) is 11.4 Å². The van der Waals surface area contributed by atoms with Crippen LogP contribution in [0.2, 0.25) is 5.02 Å². The average Bonchev–Trinajstić information content (AvgIpc) is 2.55. The van der Waals surface area contributed by atoms with E-state index in [1.807, 2.05) is 42.6 Å². The minimum absolute atomic E-state index is 0.688. The van der Waals surface area contributed by atoms with Crippen LogP contribution in [0.5, 0.6) is 0 Å². The van der Waals surface area contributed by atoms with Gasteiger partial charge in [-0.15, -0.1) is 0 Å². The number of anilines is 2. The third kappa shape index (κ3) is 2.26. The monoisotopic (exact) mass is 305 g/mol. The first-order valence-corrected chi connectivity index (χ1v) is 7.33. The van der Waals surface area contributed by atoms with Crippen molar-refractivity contribution < 1.29 is 0 Å². The van der Waals surface area contributed by atoms with Crippen molar-refractivity contribution in [3.05, 3.63) is 72.1 Å². The fourth-order valence-corrected chi connectivity index (χ4v) is 2.77. The van der Waals surface area contributed by atoms with Crippen LogP contribution in [0.1, 0.15) is 0 Å². The SMILES string of the molecule is Clc1ccc2c(Nc3cccc4cnccc34)ccnc2c1. The summed E-state index contributed by atoms with van der Waals surface area (Å²) < 4.78 is 0. The second-order valence-corrected chi connectivity index (χ2v) is 5.48. The number of aromatic nitrogens is 2. The van der Waals surface area contributed by atoms with Gasteiger partial charge in [0.15, 0.2) is 0 Å². The van der Waals surface area contributed by atoms with E-state index in [9.17, 15) is 0 Å². The number of nitrogens with one attached hydrogen (secondary N) is 1. The molecular weight excluding hydrogens is 294 g/mol. The van der Waals surface area contributed by atoms with Crippen molar-refractivity contribution in [2.75, 3.05) is 5.32 Å². The second kappa shape index (κ2) is 5.28. The number of nitrogens with zero attached hydrogens (tertiary/aromatic N) is 2. The first-order chi connectivity index (χ1) is 10.8. The van der Waals surface area contributed by atoms with Crippen molar-refractivity contribution >= 4 is 44.7 Å². The van der Waals surface area contributed by atoms with E-state index in [2.05, 4.69) is 27.4 Å². The highest BCUT2D eigenvalue weighted by atomic mass is 35.5. The van der Waals surface area contributed by atoms with E-state index in [1.165, 1.54) is 0 Å². The third-order valence-electron chi connectivity index (χ3n) is 3.65. The Balaban J connectivity index is 1.86. The van der Waals surface area contributed by atoms with Crippen molar-refractivity contribution in [2.45, 2.75) is 0 Å². The summed E-state index contributed by atoms with van der Waals surface area (Å²) in [4.78, 5) is 8.54. The average molecular weight is 306 g/mol. The molecule has 0 spiro atoms. The molecule has 0 atom stereocenters. The van der Waals surface area contributed by atoms with Crippen molar-refractivity contribution in [1.29, 1.82) is 0 Å². The molecule has 106 valence electrons. The molecule has 4 heteroatoms. The van der Waals surface area contributed by atoms with Gasteiger partial charge in [0.1, 0.15) is 0 Å². The molecule has 0 saturated heterocycles. The lowest BCUT2D eigenvalue weighted by Gasteiger charge is -2.12. The number of pyridine rings is 2. The van der Waals surface area contributed by atoms with Crippen LogP contribution in [0.25, 0.3) is 21.7 Å². The van der Waals surface area contributed by atoms with Gasteiger partial charge in [-0.3, -0.25) is 9.97 Å². The largest absolute Gasteiger partial charge is 0.354 e. The number of benzene rings is 2. The maximum absolute atomic E-state index is 6.04. The minimum atomic E-state index is 0.688. The minimum Gasteiger partial charge on any atom is -0.354 e. The molecule has 0 bridgehead atoms. The Kier molecular flexibility index (Phi) is 3.13. The van der Waals surface area contributed by atoms with E-state index in [0.717, 1.165) is 33.1 Å². The van der Waals surface area contributed by atoms with Crippen LogP contribution in [-0.4, -0.2) is 9.97 Å². The smallest absolute Gasteiger partial charge is 0.0737 e. The van der Waals surface area contributed by atoms with Gasteiger partial charge in [0, 0.05) is 51.1 Å². The lowest BCUT2D eigenvalue weighted by Crippen LogP contribution is -1.93. The van der Waals surface area contributed by atoms with E-state index in [0.29, 0.717) is 5.02 Å². The Morgan fingerprint density at radius 2 is 1.77 bits per heavy atom. The highest BCUT2D eigenvalue weighted by Crippen LogP contribution is 2.30. The molecule has 0 radical (unpaired) electrons. The van der Waals surface area contributed by atoms with E-state index in [1.54, 1.807) is 12.4 Å². The van der Waals surface area contributed by atoms with Gasteiger partial charge in [0.05, 0.1) is 5.52 Å². The predicted octanol–water partition coefficient (Wildman–Crippen LogP) is 5.18. The van der Waals surface area contributed by atoms with Gasteiger partial charge in [-0.25, -0.2) is 0 Å². The molecule has 0 fully saturated rings. The Bertz CT molecular complexity index is 977. The fourth-order valence-electron chi connectivity index (χ4n) is 2.61. The maximum Gasteiger partial charge on any atom is 0.0737 e. The van der Waals surface area contributed by atoms with Gasteiger partial charge in [0.25, 0.3) is 0 Å². The fraction of sp³-hybridized carbons (Fsp3) is 0. The molecule has 2 aromatic carbocycles. The Labute approximate surface area is 132 Å². The Hall–Kier alpha value is -2.65. The zero-order chi connectivity index (χ0) is 14.9. The maximum atomic E-state index is 6.04. The number of hydrogen-bond donors (Lipinski definition) is 1. The van der Waals surface area contributed by atoms with Crippen molar-refractivity contribution in [1.82, 2.24) is 9.97 Å². The molecule has 3 nitrogen and oxygen atoms in total. The summed E-state index contributed by atoms with van der Waals surface area (Å²) >= 11 is 6.04. The van der Waals surface area contributed by atoms with Crippen LogP contribution in [0.3, 0.4) is 0 Å². The predicted molar refractivity (Wildman–Crippen MR) is 91.8 cm³/mol. The molecule has 0 aliphatic carbocycles. The molecule has 4 rings (SSSR count). The lowest BCUT2D eigenvalue weighted by molar-refractivity contribution is 1.36. The van der Waals surface area contributed by atoms with E-state index < -0.39 is 0 Å². The highest BCUT2D eigenvalue weighted by Gasteiger charge is 2.05. The topological polar surface area (TPSA) is 37.8 Å². The van der Waals surface area contributed by atoms with E-state index >= 15 is 0 Å². The zero-order valence-corrected chi connectivity index (χ0v) is 12.4. The Morgan fingerprint density at radius 1 is 0.864 bits per heavy atom. The molecule has 4 aromatic rings. The normalized spacial score (nSPS) is 11.0. The first kappa shape index (κ1) is 13.0. The quantitative estimate of drug-likeness (QED) is 0.554. The lowest BCUT2D eigenvalue weighted by atomic mass is 10.1. The highest BCUT2D eigenvalue weighted by molar-refractivity contribution is 6.31. The molecular formula is C18H12ClN3. The van der Waals surface area contributed by atoms with Gasteiger partial charge >= 0.3 is 0 Å². The number of fused-ring (bicyclic) bond motifs is 2. The molecule has 0 aliphatic rings. The van der Waals surface area contributed by atoms with Gasteiger partial charge in [-0.1, -0.05) is 23.7 Å². The molecule has 0 amide bonds. The summed E-state index contributed by atoms with van der Waals surface area (Å²) in [6, 6.07) is 15.8. The molecule has 0 saturated carbocycles. The summed E-state index contributed by atoms with van der Waals surface area (Å²) in [6.07, 6.45) is 5.45. The molecule has 22 heavy (non-hydrogen) atoms. The zero-order valence-electron chi connectivity index (χ0n) is 11.6. The molecule has 1 N–H and O–H groups in total. The number of rotatable bonds is 2. The molecule has 2 heterocycles. The summed E-state index contributed by atoms with van der Waals surface area (Å²) in [5, 5.41) is 7.47. The summed E-state index contributed by atoms with van der Waals surface area (Å²) in [7, 11) is 0. The standard InChI is InChI=1S/C18H12ClN3/c19-13-4-5-15-17(7-9-21-18(15)10-13)22-16-3-1-2-12-11-20-8-6-14(12)16/h1-11H,(H,21,22). The van der Waals surface area contributed by atoms with Crippen LogP contribution in [-0.2, 0) is 0 Å². The van der Waals surface area contributed by atoms with Crippen LogP contribution >= 0.6 is 11.6 Å². The van der Waals surface area contributed by atoms with E-state index in [4.69, 9.17) is 11.6 Å². The summed E-state index contributed by atoms with van der Waals surface area (Å²) in [5.41, 5.74) is 2.92. The molecule has 2 aromatic heterocycles. The summed E-state index contributed by atoms with van der Waals surface area (Å²) in [5.74, 6) is 0. The Morgan fingerprint density at radius 3 is 2.73 bits per heavy atom. The molecule has 0 unspecified atom stereocenters. The van der Waals surface area contributed by atoms with Crippen molar-refractivity contribution in [3.8, 4) is 0 Å².